The van der Waals surface area contributed by atoms with Crippen molar-refractivity contribution in [2.24, 2.45) is 0 Å². The highest BCUT2D eigenvalue weighted by atomic mass is 32.1. The van der Waals surface area contributed by atoms with Crippen LogP contribution in [0.25, 0.3) is 10.6 Å². The van der Waals surface area contributed by atoms with Crippen molar-refractivity contribution in [3.05, 3.63) is 27.4 Å². The Morgan fingerprint density at radius 1 is 1.60 bits per heavy atom. The Bertz CT molecular complexity index is 487. The van der Waals surface area contributed by atoms with Gasteiger partial charge in [-0.25, -0.2) is 4.98 Å². The summed E-state index contributed by atoms with van der Waals surface area (Å²) >= 11 is 3.12. The number of carboxylic acid groups (broad SMARTS) is 1. The summed E-state index contributed by atoms with van der Waals surface area (Å²) in [5.74, 6) is -0.813. The lowest BCUT2D eigenvalue weighted by molar-refractivity contribution is -0.136. The predicted octanol–water partition coefficient (Wildman–Crippen LogP) is 2.81. The number of aryl methyl sites for hydroxylation is 1. The van der Waals surface area contributed by atoms with Gasteiger partial charge >= 0.3 is 5.97 Å². The van der Waals surface area contributed by atoms with Crippen molar-refractivity contribution in [1.29, 1.82) is 0 Å². The molecule has 3 nitrogen and oxygen atoms in total. The van der Waals surface area contributed by atoms with Gasteiger partial charge in [-0.05, 0) is 13.0 Å². The largest absolute Gasteiger partial charge is 0.481 e. The Balaban J connectivity index is 2.23. The van der Waals surface area contributed by atoms with Crippen molar-refractivity contribution < 1.29 is 9.90 Å². The van der Waals surface area contributed by atoms with Crippen LogP contribution in [0.1, 0.15) is 9.75 Å². The van der Waals surface area contributed by atoms with Gasteiger partial charge in [0.15, 0.2) is 0 Å². The molecule has 5 heteroatoms. The molecule has 0 saturated carbocycles. The summed E-state index contributed by atoms with van der Waals surface area (Å²) in [7, 11) is 0. The maximum Gasteiger partial charge on any atom is 0.308 e. The van der Waals surface area contributed by atoms with Gasteiger partial charge in [-0.3, -0.25) is 4.79 Å². The molecule has 0 unspecified atom stereocenters. The summed E-state index contributed by atoms with van der Waals surface area (Å²) in [5, 5.41) is 11.6. The van der Waals surface area contributed by atoms with E-state index in [1.807, 2.05) is 12.3 Å². The van der Waals surface area contributed by atoms with E-state index in [1.165, 1.54) is 16.2 Å². The van der Waals surface area contributed by atoms with Crippen LogP contribution in [0.5, 0.6) is 0 Å². The van der Waals surface area contributed by atoms with E-state index < -0.39 is 5.97 Å². The van der Waals surface area contributed by atoms with Crippen molar-refractivity contribution in [3.8, 4) is 10.6 Å². The van der Waals surface area contributed by atoms with Crippen LogP contribution in [0.2, 0.25) is 0 Å². The molecule has 0 fully saturated rings. The number of nitrogens with zero attached hydrogens (tertiary/aromatic N) is 1. The number of aromatic nitrogens is 1. The number of hydrogen-bond donors (Lipinski definition) is 1. The average Bonchev–Trinajstić information content (AvgIpc) is 2.72. The van der Waals surface area contributed by atoms with Gasteiger partial charge in [-0.15, -0.1) is 22.7 Å². The molecule has 2 aromatic rings. The summed E-state index contributed by atoms with van der Waals surface area (Å²) in [6.45, 7) is 2.04. The fraction of sp³-hybridized carbons (Fsp3) is 0.200. The number of aliphatic carboxylic acids is 1. The maximum atomic E-state index is 10.5. The molecule has 0 aromatic carbocycles. The third-order valence-electron chi connectivity index (χ3n) is 1.86. The van der Waals surface area contributed by atoms with Crippen LogP contribution in [0.3, 0.4) is 0 Å². The number of hydrogen-bond acceptors (Lipinski definition) is 4. The average molecular weight is 239 g/mol. The Morgan fingerprint density at radius 2 is 2.40 bits per heavy atom. The van der Waals surface area contributed by atoms with Crippen molar-refractivity contribution in [3.63, 3.8) is 0 Å². The number of carbonyl (C=O) groups is 1. The maximum absolute atomic E-state index is 10.5. The van der Waals surface area contributed by atoms with Gasteiger partial charge in [0.1, 0.15) is 5.01 Å². The van der Waals surface area contributed by atoms with E-state index in [1.54, 1.807) is 17.5 Å². The fourth-order valence-electron chi connectivity index (χ4n) is 1.23. The monoisotopic (exact) mass is 239 g/mol. The lowest BCUT2D eigenvalue weighted by atomic mass is 10.3. The van der Waals surface area contributed by atoms with Gasteiger partial charge < -0.3 is 5.11 Å². The quantitative estimate of drug-likeness (QED) is 0.896. The van der Waals surface area contributed by atoms with Crippen LogP contribution in [0.15, 0.2) is 17.6 Å². The first-order chi connectivity index (χ1) is 7.15. The van der Waals surface area contributed by atoms with Crippen molar-refractivity contribution >= 4 is 28.6 Å². The van der Waals surface area contributed by atoms with E-state index in [9.17, 15) is 4.79 Å². The Kier molecular flexibility index (Phi) is 2.83. The molecule has 0 aliphatic rings. The first-order valence-corrected chi connectivity index (χ1v) is 6.07. The molecule has 0 atom stereocenters. The highest BCUT2D eigenvalue weighted by Gasteiger charge is 2.08. The van der Waals surface area contributed by atoms with Crippen LogP contribution in [-0.2, 0) is 11.2 Å². The molecule has 15 heavy (non-hydrogen) atoms. The molecule has 0 amide bonds. The number of thiophene rings is 1. The molecule has 78 valence electrons. The smallest absolute Gasteiger partial charge is 0.308 e. The van der Waals surface area contributed by atoms with Gasteiger partial charge in [0.2, 0.25) is 0 Å². The lowest BCUT2D eigenvalue weighted by Crippen LogP contribution is -1.97. The zero-order chi connectivity index (χ0) is 10.8. The van der Waals surface area contributed by atoms with E-state index in [-0.39, 0.29) is 6.42 Å². The molecule has 0 aliphatic heterocycles. The molecule has 0 bridgehead atoms. The fourth-order valence-corrected chi connectivity index (χ4v) is 2.88. The summed E-state index contributed by atoms with van der Waals surface area (Å²) in [6.07, 6.45) is 1.70. The highest BCUT2D eigenvalue weighted by Crippen LogP contribution is 2.29. The van der Waals surface area contributed by atoms with Crippen LogP contribution >= 0.6 is 22.7 Å². The summed E-state index contributed by atoms with van der Waals surface area (Å²) in [6, 6.07) is 2.06. The van der Waals surface area contributed by atoms with Crippen LogP contribution in [0.4, 0.5) is 0 Å². The van der Waals surface area contributed by atoms with E-state index >= 15 is 0 Å². The van der Waals surface area contributed by atoms with Crippen molar-refractivity contribution in [1.82, 2.24) is 4.98 Å². The molecule has 0 radical (unpaired) electrons. The molecule has 2 rings (SSSR count). The molecular weight excluding hydrogens is 230 g/mol. The molecule has 0 spiro atoms. The highest BCUT2D eigenvalue weighted by molar-refractivity contribution is 7.16. The van der Waals surface area contributed by atoms with Crippen LogP contribution in [-0.4, -0.2) is 16.1 Å². The minimum Gasteiger partial charge on any atom is -0.481 e. The van der Waals surface area contributed by atoms with E-state index in [4.69, 9.17) is 5.11 Å². The molecule has 2 heterocycles. The lowest BCUT2D eigenvalue weighted by Gasteiger charge is -1.87. The van der Waals surface area contributed by atoms with Crippen molar-refractivity contribution in [2.75, 3.05) is 0 Å². The van der Waals surface area contributed by atoms with E-state index in [2.05, 4.69) is 11.1 Å². The third-order valence-corrected chi connectivity index (χ3v) is 3.76. The predicted molar refractivity (Wildman–Crippen MR) is 61.5 cm³/mol. The number of thiazole rings is 1. The normalized spacial score (nSPS) is 10.5. The van der Waals surface area contributed by atoms with Crippen LogP contribution < -0.4 is 0 Å². The van der Waals surface area contributed by atoms with Crippen molar-refractivity contribution in [2.45, 2.75) is 13.3 Å². The molecule has 1 N–H and O–H groups in total. The van der Waals surface area contributed by atoms with Crippen LogP contribution in [0, 0.1) is 6.92 Å². The first kappa shape index (κ1) is 10.3. The topological polar surface area (TPSA) is 50.2 Å². The van der Waals surface area contributed by atoms with Gasteiger partial charge in [0, 0.05) is 26.9 Å². The Labute approximate surface area is 95.0 Å². The number of carboxylic acids is 1. The molecule has 0 aliphatic carbocycles. The second kappa shape index (κ2) is 4.12. The first-order valence-electron chi connectivity index (χ1n) is 4.37. The van der Waals surface area contributed by atoms with Gasteiger partial charge in [0.25, 0.3) is 0 Å². The third kappa shape index (κ3) is 2.43. The zero-order valence-electron chi connectivity index (χ0n) is 8.06. The van der Waals surface area contributed by atoms with Gasteiger partial charge in [-0.1, -0.05) is 0 Å². The van der Waals surface area contributed by atoms with Gasteiger partial charge in [-0.2, -0.15) is 0 Å². The standard InChI is InChI=1S/C10H9NO2S2/c1-6-2-7(5-14-6)10-11-4-8(15-10)3-9(12)13/h2,4-5H,3H2,1H3,(H,12,13). The molecule has 0 saturated heterocycles. The number of rotatable bonds is 3. The second-order valence-electron chi connectivity index (χ2n) is 3.15. The minimum atomic E-state index is -0.813. The summed E-state index contributed by atoms with van der Waals surface area (Å²) < 4.78 is 0. The molecule has 2 aromatic heterocycles. The van der Waals surface area contributed by atoms with E-state index in [0.29, 0.717) is 0 Å². The zero-order valence-corrected chi connectivity index (χ0v) is 9.69. The summed E-state index contributed by atoms with van der Waals surface area (Å²) in [5.41, 5.74) is 1.08. The summed E-state index contributed by atoms with van der Waals surface area (Å²) in [4.78, 5) is 16.7. The minimum absolute atomic E-state index is 0.0563. The van der Waals surface area contributed by atoms with E-state index in [0.717, 1.165) is 15.4 Å². The SMILES string of the molecule is Cc1cc(-c2ncc(CC(=O)O)s2)cs1. The Morgan fingerprint density at radius 3 is 3.00 bits per heavy atom. The second-order valence-corrected chi connectivity index (χ2v) is 5.38. The van der Waals surface area contributed by atoms with Gasteiger partial charge in [0.05, 0.1) is 6.42 Å². The molecular formula is C10H9NO2S2. The Hall–Kier alpha value is -1.20.